The fraction of sp³-hybridized carbons (Fsp3) is 0.353. The number of hydrogen-bond acceptors (Lipinski definition) is 3. The summed E-state index contributed by atoms with van der Waals surface area (Å²) in [7, 11) is 0. The van der Waals surface area contributed by atoms with E-state index in [1.165, 1.54) is 16.7 Å². The number of benzene rings is 1. The quantitative estimate of drug-likeness (QED) is 0.888. The Balaban J connectivity index is 2.08. The van der Waals surface area contributed by atoms with E-state index in [2.05, 4.69) is 42.3 Å². The van der Waals surface area contributed by atoms with Crippen molar-refractivity contribution >= 4 is 5.69 Å². The van der Waals surface area contributed by atoms with Gasteiger partial charge >= 0.3 is 0 Å². The lowest BCUT2D eigenvalue weighted by Crippen LogP contribution is -2.10. The zero-order chi connectivity index (χ0) is 14.5. The van der Waals surface area contributed by atoms with Gasteiger partial charge in [0.25, 0.3) is 0 Å². The minimum Gasteiger partial charge on any atom is -0.473 e. The van der Waals surface area contributed by atoms with Crippen molar-refractivity contribution in [1.82, 2.24) is 4.98 Å². The molecule has 106 valence electrons. The SMILES string of the molecule is Cc1ccc(CNc2cccnc2OC(C)C)cc1C. The molecule has 1 heterocycles. The topological polar surface area (TPSA) is 34.2 Å². The summed E-state index contributed by atoms with van der Waals surface area (Å²) < 4.78 is 5.70. The molecular weight excluding hydrogens is 248 g/mol. The van der Waals surface area contributed by atoms with E-state index in [1.54, 1.807) is 6.20 Å². The van der Waals surface area contributed by atoms with Crippen LogP contribution in [0.25, 0.3) is 0 Å². The van der Waals surface area contributed by atoms with Crippen molar-refractivity contribution in [1.29, 1.82) is 0 Å². The summed E-state index contributed by atoms with van der Waals surface area (Å²) in [6, 6.07) is 10.4. The zero-order valence-electron chi connectivity index (χ0n) is 12.6. The maximum atomic E-state index is 5.70. The number of aryl methyl sites for hydroxylation is 2. The van der Waals surface area contributed by atoms with Crippen LogP contribution in [-0.4, -0.2) is 11.1 Å². The summed E-state index contributed by atoms with van der Waals surface area (Å²) in [6.45, 7) is 9.03. The molecule has 0 atom stereocenters. The first kappa shape index (κ1) is 14.4. The van der Waals surface area contributed by atoms with E-state index in [0.29, 0.717) is 5.88 Å². The third-order valence-corrected chi connectivity index (χ3v) is 3.17. The summed E-state index contributed by atoms with van der Waals surface area (Å²) >= 11 is 0. The van der Waals surface area contributed by atoms with Gasteiger partial charge in [-0.25, -0.2) is 4.98 Å². The fourth-order valence-corrected chi connectivity index (χ4v) is 1.95. The van der Waals surface area contributed by atoms with E-state index in [1.807, 2.05) is 26.0 Å². The molecule has 1 aromatic heterocycles. The highest BCUT2D eigenvalue weighted by atomic mass is 16.5. The van der Waals surface area contributed by atoms with Gasteiger partial charge in [0.15, 0.2) is 0 Å². The van der Waals surface area contributed by atoms with Crippen molar-refractivity contribution in [3.05, 3.63) is 53.2 Å². The van der Waals surface area contributed by atoms with Crippen molar-refractivity contribution < 1.29 is 4.74 Å². The normalized spacial score (nSPS) is 10.7. The van der Waals surface area contributed by atoms with Gasteiger partial charge in [0, 0.05) is 12.7 Å². The van der Waals surface area contributed by atoms with Gasteiger partial charge in [0.2, 0.25) is 5.88 Å². The molecule has 3 heteroatoms. The van der Waals surface area contributed by atoms with Crippen molar-refractivity contribution in [2.45, 2.75) is 40.3 Å². The smallest absolute Gasteiger partial charge is 0.237 e. The number of nitrogens with zero attached hydrogens (tertiary/aromatic N) is 1. The van der Waals surface area contributed by atoms with Crippen LogP contribution in [0.15, 0.2) is 36.5 Å². The second kappa shape index (κ2) is 6.42. The summed E-state index contributed by atoms with van der Waals surface area (Å²) in [5.41, 5.74) is 4.82. The minimum absolute atomic E-state index is 0.118. The fourth-order valence-electron chi connectivity index (χ4n) is 1.95. The molecule has 0 saturated carbocycles. The van der Waals surface area contributed by atoms with Crippen LogP contribution < -0.4 is 10.1 Å². The summed E-state index contributed by atoms with van der Waals surface area (Å²) in [4.78, 5) is 4.28. The Kier molecular flexibility index (Phi) is 4.61. The van der Waals surface area contributed by atoms with Crippen LogP contribution in [0.2, 0.25) is 0 Å². The Labute approximate surface area is 121 Å². The van der Waals surface area contributed by atoms with Gasteiger partial charge in [-0.3, -0.25) is 0 Å². The Morgan fingerprint density at radius 3 is 2.65 bits per heavy atom. The van der Waals surface area contributed by atoms with Crippen molar-refractivity contribution in [3.8, 4) is 5.88 Å². The molecule has 2 rings (SSSR count). The lowest BCUT2D eigenvalue weighted by Gasteiger charge is -2.14. The number of nitrogens with one attached hydrogen (secondary N) is 1. The molecule has 0 saturated heterocycles. The van der Waals surface area contributed by atoms with Crippen molar-refractivity contribution in [2.75, 3.05) is 5.32 Å². The van der Waals surface area contributed by atoms with Crippen LogP contribution in [0.5, 0.6) is 5.88 Å². The second-order valence-corrected chi connectivity index (χ2v) is 5.29. The van der Waals surface area contributed by atoms with Gasteiger partial charge in [-0.1, -0.05) is 18.2 Å². The monoisotopic (exact) mass is 270 g/mol. The third kappa shape index (κ3) is 3.73. The van der Waals surface area contributed by atoms with E-state index < -0.39 is 0 Å². The lowest BCUT2D eigenvalue weighted by atomic mass is 10.1. The number of rotatable bonds is 5. The molecule has 3 nitrogen and oxygen atoms in total. The molecule has 0 bridgehead atoms. The highest BCUT2D eigenvalue weighted by Crippen LogP contribution is 2.22. The van der Waals surface area contributed by atoms with E-state index in [0.717, 1.165) is 12.2 Å². The average molecular weight is 270 g/mol. The average Bonchev–Trinajstić information content (AvgIpc) is 2.41. The van der Waals surface area contributed by atoms with Gasteiger partial charge in [-0.15, -0.1) is 0 Å². The highest BCUT2D eigenvalue weighted by molar-refractivity contribution is 5.52. The minimum atomic E-state index is 0.118. The molecule has 0 fully saturated rings. The van der Waals surface area contributed by atoms with E-state index in [-0.39, 0.29) is 6.10 Å². The number of hydrogen-bond donors (Lipinski definition) is 1. The molecular formula is C17H22N2O. The Hall–Kier alpha value is -2.03. The van der Waals surface area contributed by atoms with Crippen LogP contribution >= 0.6 is 0 Å². The summed E-state index contributed by atoms with van der Waals surface area (Å²) in [6.07, 6.45) is 1.87. The lowest BCUT2D eigenvalue weighted by molar-refractivity contribution is 0.234. The first-order valence-electron chi connectivity index (χ1n) is 6.98. The van der Waals surface area contributed by atoms with E-state index >= 15 is 0 Å². The van der Waals surface area contributed by atoms with E-state index in [9.17, 15) is 0 Å². The highest BCUT2D eigenvalue weighted by Gasteiger charge is 2.06. The van der Waals surface area contributed by atoms with Gasteiger partial charge in [-0.05, 0) is 56.5 Å². The number of anilines is 1. The largest absolute Gasteiger partial charge is 0.473 e. The Bertz CT molecular complexity index is 579. The molecule has 20 heavy (non-hydrogen) atoms. The van der Waals surface area contributed by atoms with Gasteiger partial charge in [0.05, 0.1) is 11.8 Å². The maximum Gasteiger partial charge on any atom is 0.237 e. The number of ether oxygens (including phenoxy) is 1. The van der Waals surface area contributed by atoms with Gasteiger partial charge in [0.1, 0.15) is 0 Å². The van der Waals surface area contributed by atoms with Gasteiger partial charge < -0.3 is 10.1 Å². The molecule has 0 unspecified atom stereocenters. The molecule has 0 aliphatic carbocycles. The predicted octanol–water partition coefficient (Wildman–Crippen LogP) is 4.10. The van der Waals surface area contributed by atoms with Crippen LogP contribution in [0.4, 0.5) is 5.69 Å². The summed E-state index contributed by atoms with van der Waals surface area (Å²) in [5, 5.41) is 3.39. The molecule has 0 aliphatic heterocycles. The van der Waals surface area contributed by atoms with Crippen LogP contribution in [0.1, 0.15) is 30.5 Å². The van der Waals surface area contributed by atoms with Gasteiger partial charge in [-0.2, -0.15) is 0 Å². The first-order chi connectivity index (χ1) is 9.56. The van der Waals surface area contributed by atoms with Crippen molar-refractivity contribution in [3.63, 3.8) is 0 Å². The van der Waals surface area contributed by atoms with Crippen LogP contribution in [0, 0.1) is 13.8 Å². The standard InChI is InChI=1S/C17H22N2O/c1-12(2)20-17-16(6-5-9-18-17)19-11-15-8-7-13(3)14(4)10-15/h5-10,12,19H,11H2,1-4H3. The molecule has 0 amide bonds. The third-order valence-electron chi connectivity index (χ3n) is 3.17. The number of pyridine rings is 1. The number of aromatic nitrogens is 1. The van der Waals surface area contributed by atoms with Crippen molar-refractivity contribution in [2.24, 2.45) is 0 Å². The molecule has 1 N–H and O–H groups in total. The second-order valence-electron chi connectivity index (χ2n) is 5.29. The Morgan fingerprint density at radius 1 is 1.15 bits per heavy atom. The van der Waals surface area contributed by atoms with Crippen LogP contribution in [0.3, 0.4) is 0 Å². The van der Waals surface area contributed by atoms with E-state index in [4.69, 9.17) is 4.74 Å². The first-order valence-corrected chi connectivity index (χ1v) is 6.98. The molecule has 2 aromatic rings. The van der Waals surface area contributed by atoms with Crippen LogP contribution in [-0.2, 0) is 6.54 Å². The zero-order valence-corrected chi connectivity index (χ0v) is 12.6. The predicted molar refractivity (Wildman–Crippen MR) is 83.2 cm³/mol. The molecule has 1 aromatic carbocycles. The maximum absolute atomic E-state index is 5.70. The molecule has 0 spiro atoms. The molecule has 0 radical (unpaired) electrons. The molecule has 0 aliphatic rings. The Morgan fingerprint density at radius 2 is 1.95 bits per heavy atom. The summed E-state index contributed by atoms with van der Waals surface area (Å²) in [5.74, 6) is 0.659.